The molecule has 18 heavy (non-hydrogen) atoms. The van der Waals surface area contributed by atoms with Gasteiger partial charge in [0, 0.05) is 18.8 Å². The summed E-state index contributed by atoms with van der Waals surface area (Å²) >= 11 is 0. The van der Waals surface area contributed by atoms with Crippen LogP contribution in [0.4, 0.5) is 15.8 Å². The summed E-state index contributed by atoms with van der Waals surface area (Å²) < 4.78 is 19.0. The first-order chi connectivity index (χ1) is 8.70. The molecule has 1 fully saturated rings. The molecule has 0 saturated carbocycles. The van der Waals surface area contributed by atoms with E-state index in [1.165, 1.54) is 6.07 Å². The molecule has 1 aliphatic rings. The van der Waals surface area contributed by atoms with Gasteiger partial charge >= 0.3 is 0 Å². The van der Waals surface area contributed by atoms with Crippen LogP contribution in [0.5, 0.6) is 0 Å². The topological polar surface area (TPSA) is 67.6 Å². The third kappa shape index (κ3) is 2.96. The molecule has 1 saturated heterocycles. The van der Waals surface area contributed by atoms with E-state index in [1.54, 1.807) is 12.1 Å². The van der Waals surface area contributed by atoms with E-state index < -0.39 is 11.7 Å². The van der Waals surface area contributed by atoms with Crippen molar-refractivity contribution in [3.63, 3.8) is 0 Å². The fourth-order valence-electron chi connectivity index (χ4n) is 1.82. The Bertz CT molecular complexity index is 433. The van der Waals surface area contributed by atoms with Crippen molar-refractivity contribution < 1.29 is 13.9 Å². The molecule has 0 radical (unpaired) electrons. The highest BCUT2D eigenvalue weighted by atomic mass is 19.1. The van der Waals surface area contributed by atoms with Crippen molar-refractivity contribution >= 4 is 17.3 Å². The molecule has 0 atom stereocenters. The molecule has 1 amide bonds. The SMILES string of the molecule is NCC(=O)Nc1ccc(N2CCOCC2)cc1F. The molecule has 2 rings (SSSR count). The Hall–Kier alpha value is -1.66. The summed E-state index contributed by atoms with van der Waals surface area (Å²) in [6.45, 7) is 2.62. The van der Waals surface area contributed by atoms with Gasteiger partial charge in [0.2, 0.25) is 5.91 Å². The quantitative estimate of drug-likeness (QED) is 0.826. The number of ether oxygens (including phenoxy) is 1. The summed E-state index contributed by atoms with van der Waals surface area (Å²) in [6, 6.07) is 4.74. The fourth-order valence-corrected chi connectivity index (χ4v) is 1.82. The number of carbonyl (C=O) groups is 1. The number of amides is 1. The van der Waals surface area contributed by atoms with Gasteiger partial charge in [0.25, 0.3) is 0 Å². The highest BCUT2D eigenvalue weighted by molar-refractivity contribution is 5.92. The molecular formula is C12H16FN3O2. The third-order valence-electron chi connectivity index (χ3n) is 2.79. The predicted molar refractivity (Wildman–Crippen MR) is 67.1 cm³/mol. The number of nitrogens with zero attached hydrogens (tertiary/aromatic N) is 1. The van der Waals surface area contributed by atoms with Crippen molar-refractivity contribution in [3.8, 4) is 0 Å². The lowest BCUT2D eigenvalue weighted by Crippen LogP contribution is -2.36. The summed E-state index contributed by atoms with van der Waals surface area (Å²) in [7, 11) is 0. The van der Waals surface area contributed by atoms with Gasteiger partial charge in [0.1, 0.15) is 5.82 Å². The molecule has 6 heteroatoms. The lowest BCUT2D eigenvalue weighted by molar-refractivity contribution is -0.114. The van der Waals surface area contributed by atoms with Crippen LogP contribution in [0.2, 0.25) is 0 Å². The first-order valence-corrected chi connectivity index (χ1v) is 5.83. The van der Waals surface area contributed by atoms with Gasteiger partial charge in [-0.2, -0.15) is 0 Å². The molecule has 3 N–H and O–H groups in total. The largest absolute Gasteiger partial charge is 0.378 e. The number of nitrogens with two attached hydrogens (primary N) is 1. The Balaban J connectivity index is 2.11. The second-order valence-electron chi connectivity index (χ2n) is 4.02. The number of halogens is 1. The van der Waals surface area contributed by atoms with Crippen LogP contribution in [-0.4, -0.2) is 38.8 Å². The Kier molecular flexibility index (Phi) is 4.11. The lowest BCUT2D eigenvalue weighted by Gasteiger charge is -2.29. The summed E-state index contributed by atoms with van der Waals surface area (Å²) in [5.74, 6) is -0.867. The van der Waals surface area contributed by atoms with Crippen LogP contribution in [0.1, 0.15) is 0 Å². The molecule has 98 valence electrons. The van der Waals surface area contributed by atoms with Gasteiger partial charge in [0.05, 0.1) is 25.4 Å². The predicted octanol–water partition coefficient (Wildman–Crippen LogP) is 0.559. The number of anilines is 2. The molecule has 0 bridgehead atoms. The Labute approximate surface area is 105 Å². The number of carbonyl (C=O) groups excluding carboxylic acids is 1. The minimum absolute atomic E-state index is 0.155. The van der Waals surface area contributed by atoms with E-state index in [9.17, 15) is 9.18 Å². The molecule has 5 nitrogen and oxygen atoms in total. The van der Waals surface area contributed by atoms with Crippen LogP contribution < -0.4 is 16.0 Å². The Morgan fingerprint density at radius 2 is 2.17 bits per heavy atom. The summed E-state index contributed by atoms with van der Waals surface area (Å²) in [5, 5.41) is 2.41. The highest BCUT2D eigenvalue weighted by Gasteiger charge is 2.13. The van der Waals surface area contributed by atoms with Crippen molar-refractivity contribution in [2.24, 2.45) is 5.73 Å². The standard InChI is InChI=1S/C12H16FN3O2/c13-10-7-9(16-3-5-18-6-4-16)1-2-11(10)15-12(17)8-14/h1-2,7H,3-6,8,14H2,(H,15,17). The summed E-state index contributed by atoms with van der Waals surface area (Å²) in [5.41, 5.74) is 6.11. The van der Waals surface area contributed by atoms with E-state index >= 15 is 0 Å². The maximum absolute atomic E-state index is 13.8. The molecule has 0 aromatic heterocycles. The van der Waals surface area contributed by atoms with Crippen molar-refractivity contribution in [1.82, 2.24) is 0 Å². The minimum atomic E-state index is -0.458. The van der Waals surface area contributed by atoms with E-state index in [4.69, 9.17) is 10.5 Å². The number of rotatable bonds is 3. The van der Waals surface area contributed by atoms with Crippen molar-refractivity contribution in [3.05, 3.63) is 24.0 Å². The van der Waals surface area contributed by atoms with Gasteiger partial charge in [-0.25, -0.2) is 4.39 Å². The van der Waals surface area contributed by atoms with Crippen LogP contribution >= 0.6 is 0 Å². The molecule has 1 heterocycles. The van der Waals surface area contributed by atoms with Crippen molar-refractivity contribution in [1.29, 1.82) is 0 Å². The summed E-state index contributed by atoms with van der Waals surface area (Å²) in [4.78, 5) is 13.1. The maximum Gasteiger partial charge on any atom is 0.238 e. The second kappa shape index (κ2) is 5.79. The molecule has 1 aliphatic heterocycles. The molecule has 0 unspecified atom stereocenters. The van der Waals surface area contributed by atoms with Crippen molar-refractivity contribution in [2.45, 2.75) is 0 Å². The number of hydrogen-bond donors (Lipinski definition) is 2. The molecule has 1 aromatic carbocycles. The Morgan fingerprint density at radius 1 is 1.44 bits per heavy atom. The number of nitrogens with one attached hydrogen (secondary N) is 1. The Morgan fingerprint density at radius 3 is 2.78 bits per heavy atom. The fraction of sp³-hybridized carbons (Fsp3) is 0.417. The van der Waals surface area contributed by atoms with Crippen LogP contribution in [-0.2, 0) is 9.53 Å². The zero-order valence-electron chi connectivity index (χ0n) is 9.99. The normalized spacial score (nSPS) is 15.6. The first kappa shape index (κ1) is 12.8. The van der Waals surface area contributed by atoms with Crippen LogP contribution in [0, 0.1) is 5.82 Å². The van der Waals surface area contributed by atoms with E-state index in [-0.39, 0.29) is 12.2 Å². The molecule has 0 aliphatic carbocycles. The van der Waals surface area contributed by atoms with Crippen molar-refractivity contribution in [2.75, 3.05) is 43.1 Å². The van der Waals surface area contributed by atoms with Gasteiger partial charge < -0.3 is 20.7 Å². The number of benzene rings is 1. The number of hydrogen-bond acceptors (Lipinski definition) is 4. The molecule has 1 aromatic rings. The first-order valence-electron chi connectivity index (χ1n) is 5.83. The zero-order valence-corrected chi connectivity index (χ0v) is 9.99. The highest BCUT2D eigenvalue weighted by Crippen LogP contribution is 2.22. The lowest BCUT2D eigenvalue weighted by atomic mass is 10.2. The van der Waals surface area contributed by atoms with E-state index in [0.29, 0.717) is 13.2 Å². The van der Waals surface area contributed by atoms with E-state index in [2.05, 4.69) is 5.32 Å². The van der Waals surface area contributed by atoms with Gasteiger partial charge in [0.15, 0.2) is 0 Å². The minimum Gasteiger partial charge on any atom is -0.378 e. The van der Waals surface area contributed by atoms with Crippen LogP contribution in [0.15, 0.2) is 18.2 Å². The van der Waals surface area contributed by atoms with Crippen LogP contribution in [0.25, 0.3) is 0 Å². The average Bonchev–Trinajstić information content (AvgIpc) is 2.42. The zero-order chi connectivity index (χ0) is 13.0. The molecule has 0 spiro atoms. The van der Waals surface area contributed by atoms with Gasteiger partial charge in [-0.15, -0.1) is 0 Å². The van der Waals surface area contributed by atoms with E-state index in [1.807, 2.05) is 4.90 Å². The molecular weight excluding hydrogens is 237 g/mol. The average molecular weight is 253 g/mol. The summed E-state index contributed by atoms with van der Waals surface area (Å²) in [6.07, 6.45) is 0. The monoisotopic (exact) mass is 253 g/mol. The maximum atomic E-state index is 13.8. The third-order valence-corrected chi connectivity index (χ3v) is 2.79. The second-order valence-corrected chi connectivity index (χ2v) is 4.02. The number of morpholine rings is 1. The van der Waals surface area contributed by atoms with Gasteiger partial charge in [-0.05, 0) is 18.2 Å². The van der Waals surface area contributed by atoms with Gasteiger partial charge in [-0.1, -0.05) is 0 Å². The van der Waals surface area contributed by atoms with Crippen LogP contribution in [0.3, 0.4) is 0 Å². The smallest absolute Gasteiger partial charge is 0.238 e. The van der Waals surface area contributed by atoms with E-state index in [0.717, 1.165) is 18.8 Å². The van der Waals surface area contributed by atoms with Gasteiger partial charge in [-0.3, -0.25) is 4.79 Å².